The zero-order chi connectivity index (χ0) is 10.6. The van der Waals surface area contributed by atoms with Gasteiger partial charge in [0.1, 0.15) is 10.7 Å². The molecule has 0 bridgehead atoms. The Morgan fingerprint density at radius 2 is 2.36 bits per heavy atom. The van der Waals surface area contributed by atoms with Gasteiger partial charge in [-0.15, -0.1) is 0 Å². The lowest BCUT2D eigenvalue weighted by Gasteiger charge is -1.87. The van der Waals surface area contributed by atoms with Crippen LogP contribution in [0.3, 0.4) is 0 Å². The van der Waals surface area contributed by atoms with Crippen molar-refractivity contribution >= 4 is 17.9 Å². The predicted molar refractivity (Wildman–Crippen MR) is 48.5 cm³/mol. The second kappa shape index (κ2) is 4.22. The number of rotatable bonds is 3. The number of carbonyl (C=O) groups is 1. The summed E-state index contributed by atoms with van der Waals surface area (Å²) >= 11 is 0. The van der Waals surface area contributed by atoms with Crippen molar-refractivity contribution in [2.24, 2.45) is 0 Å². The molecule has 0 spiro atoms. The van der Waals surface area contributed by atoms with E-state index in [4.69, 9.17) is 4.42 Å². The van der Waals surface area contributed by atoms with Gasteiger partial charge in [0.2, 0.25) is 5.91 Å². The molecule has 0 aromatic carbocycles. The molecule has 6 nitrogen and oxygen atoms in total. The fourth-order valence-corrected chi connectivity index (χ4v) is 0.771. The minimum Gasteiger partial charge on any atom is -0.401 e. The molecule has 0 aliphatic heterocycles. The number of hydrogen-bond acceptors (Lipinski definition) is 4. The van der Waals surface area contributed by atoms with Crippen LogP contribution in [-0.2, 0) is 4.79 Å². The van der Waals surface area contributed by atoms with Gasteiger partial charge in [0.15, 0.2) is 0 Å². The van der Waals surface area contributed by atoms with Crippen molar-refractivity contribution in [3.8, 4) is 0 Å². The van der Waals surface area contributed by atoms with Crippen molar-refractivity contribution in [1.82, 2.24) is 5.32 Å². The molecule has 0 aliphatic rings. The first kappa shape index (κ1) is 9.97. The first-order valence-electron chi connectivity index (χ1n) is 3.77. The molecule has 1 aromatic rings. The van der Waals surface area contributed by atoms with Crippen LogP contribution in [0.25, 0.3) is 6.08 Å². The molecule has 1 rings (SSSR count). The van der Waals surface area contributed by atoms with E-state index in [1.165, 1.54) is 31.3 Å². The van der Waals surface area contributed by atoms with Crippen molar-refractivity contribution in [2.75, 3.05) is 7.05 Å². The maximum Gasteiger partial charge on any atom is 0.433 e. The number of likely N-dealkylation sites (N-methyl/N-ethyl adjacent to an activating group) is 1. The van der Waals surface area contributed by atoms with Gasteiger partial charge in [-0.25, -0.2) is 0 Å². The van der Waals surface area contributed by atoms with E-state index in [-0.39, 0.29) is 17.6 Å². The summed E-state index contributed by atoms with van der Waals surface area (Å²) < 4.78 is 4.77. The zero-order valence-corrected chi connectivity index (χ0v) is 7.39. The molecule has 0 fully saturated rings. The standard InChI is InChI=1S/C8H8N2O4/c1-9-7(11)4-2-6-3-5-8(14-6)10(12)13/h2-5H,1H3,(H,9,11)/b4-2-. The fourth-order valence-electron chi connectivity index (χ4n) is 0.771. The lowest BCUT2D eigenvalue weighted by atomic mass is 10.4. The highest BCUT2D eigenvalue weighted by atomic mass is 16.6. The van der Waals surface area contributed by atoms with E-state index in [1.54, 1.807) is 0 Å². The third-order valence-electron chi connectivity index (χ3n) is 1.44. The number of hydrogen-bond donors (Lipinski definition) is 1. The SMILES string of the molecule is CNC(=O)/C=C\c1ccc([N+](=O)[O-])o1. The first-order chi connectivity index (χ1) is 6.63. The molecule has 74 valence electrons. The predicted octanol–water partition coefficient (Wildman–Crippen LogP) is 0.947. The molecule has 14 heavy (non-hydrogen) atoms. The monoisotopic (exact) mass is 196 g/mol. The molecule has 1 aromatic heterocycles. The van der Waals surface area contributed by atoms with Crippen LogP contribution < -0.4 is 5.32 Å². The molecular formula is C8H8N2O4. The Morgan fingerprint density at radius 3 is 2.86 bits per heavy atom. The molecule has 0 aliphatic carbocycles. The van der Waals surface area contributed by atoms with Gasteiger partial charge in [0.05, 0.1) is 6.07 Å². The van der Waals surface area contributed by atoms with Crippen molar-refractivity contribution < 1.29 is 14.1 Å². The van der Waals surface area contributed by atoms with Gasteiger partial charge in [0.25, 0.3) is 0 Å². The Hall–Kier alpha value is -2.11. The summed E-state index contributed by atoms with van der Waals surface area (Å²) in [6.07, 6.45) is 2.58. The molecule has 0 radical (unpaired) electrons. The maximum atomic E-state index is 10.8. The van der Waals surface area contributed by atoms with E-state index in [0.29, 0.717) is 0 Å². The molecule has 0 unspecified atom stereocenters. The van der Waals surface area contributed by atoms with E-state index in [0.717, 1.165) is 0 Å². The summed E-state index contributed by atoms with van der Waals surface area (Å²) in [7, 11) is 1.48. The number of nitro groups is 1. The van der Waals surface area contributed by atoms with Gasteiger partial charge >= 0.3 is 5.88 Å². The Bertz CT molecular complexity index is 380. The van der Waals surface area contributed by atoms with Crippen LogP contribution >= 0.6 is 0 Å². The van der Waals surface area contributed by atoms with Crippen molar-refractivity contribution in [2.45, 2.75) is 0 Å². The molecule has 1 heterocycles. The van der Waals surface area contributed by atoms with Gasteiger partial charge in [-0.05, 0) is 12.1 Å². The van der Waals surface area contributed by atoms with Crippen LogP contribution in [0.2, 0.25) is 0 Å². The van der Waals surface area contributed by atoms with Gasteiger partial charge in [-0.3, -0.25) is 14.9 Å². The van der Waals surface area contributed by atoms with Crippen LogP contribution in [0.1, 0.15) is 5.76 Å². The molecule has 6 heteroatoms. The summed E-state index contributed by atoms with van der Waals surface area (Å²) in [5, 5.41) is 12.6. The van der Waals surface area contributed by atoms with E-state index in [1.807, 2.05) is 0 Å². The second-order valence-electron chi connectivity index (χ2n) is 2.38. The van der Waals surface area contributed by atoms with Crippen LogP contribution in [0.15, 0.2) is 22.6 Å². The molecule has 1 N–H and O–H groups in total. The van der Waals surface area contributed by atoms with Crippen LogP contribution in [-0.4, -0.2) is 17.9 Å². The summed E-state index contributed by atoms with van der Waals surface area (Å²) in [6.45, 7) is 0. The lowest BCUT2D eigenvalue weighted by Crippen LogP contribution is -2.13. The van der Waals surface area contributed by atoms with Crippen LogP contribution in [0.5, 0.6) is 0 Å². The van der Waals surface area contributed by atoms with Crippen LogP contribution in [0, 0.1) is 10.1 Å². The third kappa shape index (κ3) is 2.44. The number of nitrogens with zero attached hydrogens (tertiary/aromatic N) is 1. The number of carbonyl (C=O) groups excluding carboxylic acids is 1. The minimum absolute atomic E-state index is 0.264. The van der Waals surface area contributed by atoms with Crippen molar-refractivity contribution in [3.05, 3.63) is 34.1 Å². The van der Waals surface area contributed by atoms with E-state index >= 15 is 0 Å². The molecular weight excluding hydrogens is 188 g/mol. The average Bonchev–Trinajstić information content (AvgIpc) is 2.62. The molecule has 0 saturated heterocycles. The maximum absolute atomic E-state index is 10.8. The van der Waals surface area contributed by atoms with E-state index in [2.05, 4.69) is 5.32 Å². The highest BCUT2D eigenvalue weighted by molar-refractivity contribution is 5.91. The highest BCUT2D eigenvalue weighted by Gasteiger charge is 2.09. The smallest absolute Gasteiger partial charge is 0.401 e. The van der Waals surface area contributed by atoms with Gasteiger partial charge in [-0.2, -0.15) is 0 Å². The van der Waals surface area contributed by atoms with E-state index < -0.39 is 4.92 Å². The summed E-state index contributed by atoms with van der Waals surface area (Å²) in [6, 6.07) is 2.64. The lowest BCUT2D eigenvalue weighted by molar-refractivity contribution is -0.402. The number of nitrogens with one attached hydrogen (secondary N) is 1. The summed E-state index contributed by atoms with van der Waals surface area (Å²) in [5.41, 5.74) is 0. The minimum atomic E-state index is -0.642. The van der Waals surface area contributed by atoms with Gasteiger partial charge in [-0.1, -0.05) is 0 Å². The summed E-state index contributed by atoms with van der Waals surface area (Å²) in [4.78, 5) is 20.3. The topological polar surface area (TPSA) is 85.4 Å². The Morgan fingerprint density at radius 1 is 1.64 bits per heavy atom. The number of furan rings is 1. The first-order valence-corrected chi connectivity index (χ1v) is 3.77. The fraction of sp³-hybridized carbons (Fsp3) is 0.125. The Labute approximate surface area is 79.4 Å². The van der Waals surface area contributed by atoms with Crippen LogP contribution in [0.4, 0.5) is 5.88 Å². The van der Waals surface area contributed by atoms with Gasteiger partial charge in [0, 0.05) is 13.1 Å². The summed E-state index contributed by atoms with van der Waals surface area (Å²) in [5.74, 6) is -0.383. The molecule has 0 atom stereocenters. The Balaban J connectivity index is 2.73. The van der Waals surface area contributed by atoms with Crippen molar-refractivity contribution in [1.29, 1.82) is 0 Å². The second-order valence-corrected chi connectivity index (χ2v) is 2.38. The zero-order valence-electron chi connectivity index (χ0n) is 7.39. The average molecular weight is 196 g/mol. The number of amides is 1. The van der Waals surface area contributed by atoms with E-state index in [9.17, 15) is 14.9 Å². The largest absolute Gasteiger partial charge is 0.433 e. The van der Waals surface area contributed by atoms with Gasteiger partial charge < -0.3 is 9.73 Å². The molecule has 1 amide bonds. The Kier molecular flexibility index (Phi) is 3.01. The third-order valence-corrected chi connectivity index (χ3v) is 1.44. The van der Waals surface area contributed by atoms with Crippen molar-refractivity contribution in [3.63, 3.8) is 0 Å². The highest BCUT2D eigenvalue weighted by Crippen LogP contribution is 2.16. The quantitative estimate of drug-likeness (QED) is 0.443. The molecule has 0 saturated carbocycles. The normalized spacial score (nSPS) is 10.4.